The monoisotopic (exact) mass is 251 g/mol. The third-order valence-corrected chi connectivity index (χ3v) is 2.33. The Balaban J connectivity index is 2.31. The van der Waals surface area contributed by atoms with Gasteiger partial charge in [0.05, 0.1) is 4.92 Å². The standard InChI is InChI=1S/C12H17N3O3/c1-2-8-14-12(16)7-9-13-10-3-5-11(6-4-10)15(17)18/h3-6,13H,2,7-9H2,1H3,(H,14,16). The summed E-state index contributed by atoms with van der Waals surface area (Å²) in [6, 6.07) is 6.11. The molecular formula is C12H17N3O3. The van der Waals surface area contributed by atoms with Gasteiger partial charge >= 0.3 is 0 Å². The zero-order valence-electron chi connectivity index (χ0n) is 10.3. The molecule has 0 aromatic heterocycles. The van der Waals surface area contributed by atoms with Crippen molar-refractivity contribution in [1.82, 2.24) is 5.32 Å². The number of carbonyl (C=O) groups is 1. The number of carbonyl (C=O) groups excluding carboxylic acids is 1. The molecule has 6 heteroatoms. The first-order valence-corrected chi connectivity index (χ1v) is 5.88. The van der Waals surface area contributed by atoms with Crippen molar-refractivity contribution in [3.05, 3.63) is 34.4 Å². The number of amides is 1. The number of anilines is 1. The van der Waals surface area contributed by atoms with Crippen LogP contribution in [0, 0.1) is 10.1 Å². The minimum absolute atomic E-state index is 0.00580. The van der Waals surface area contributed by atoms with Crippen LogP contribution < -0.4 is 10.6 Å². The summed E-state index contributed by atoms with van der Waals surface area (Å²) in [6.45, 7) is 3.19. The van der Waals surface area contributed by atoms with E-state index in [1.807, 2.05) is 6.92 Å². The molecule has 0 heterocycles. The Morgan fingerprint density at radius 1 is 1.28 bits per heavy atom. The van der Waals surface area contributed by atoms with Crippen LogP contribution >= 0.6 is 0 Å². The number of nitrogens with one attached hydrogen (secondary N) is 2. The quantitative estimate of drug-likeness (QED) is 0.572. The van der Waals surface area contributed by atoms with Crippen molar-refractivity contribution in [2.24, 2.45) is 0 Å². The van der Waals surface area contributed by atoms with Gasteiger partial charge in [-0.1, -0.05) is 6.92 Å². The van der Waals surface area contributed by atoms with Gasteiger partial charge in [-0.2, -0.15) is 0 Å². The van der Waals surface area contributed by atoms with Crippen LogP contribution in [-0.2, 0) is 4.79 Å². The van der Waals surface area contributed by atoms with E-state index in [1.54, 1.807) is 12.1 Å². The van der Waals surface area contributed by atoms with Crippen molar-refractivity contribution in [1.29, 1.82) is 0 Å². The lowest BCUT2D eigenvalue weighted by atomic mass is 10.2. The Kier molecular flexibility index (Phi) is 5.63. The summed E-state index contributed by atoms with van der Waals surface area (Å²) in [4.78, 5) is 21.3. The molecule has 1 aromatic rings. The first kappa shape index (κ1) is 14.0. The molecule has 2 N–H and O–H groups in total. The molecule has 0 saturated heterocycles. The van der Waals surface area contributed by atoms with Gasteiger partial charge in [-0.3, -0.25) is 14.9 Å². The highest BCUT2D eigenvalue weighted by Crippen LogP contribution is 2.15. The van der Waals surface area contributed by atoms with E-state index < -0.39 is 4.92 Å². The van der Waals surface area contributed by atoms with Crippen molar-refractivity contribution >= 4 is 17.3 Å². The van der Waals surface area contributed by atoms with Crippen LogP contribution in [0.3, 0.4) is 0 Å². The molecule has 0 aliphatic rings. The third-order valence-electron chi connectivity index (χ3n) is 2.33. The number of benzene rings is 1. The van der Waals surface area contributed by atoms with Gasteiger partial charge in [-0.15, -0.1) is 0 Å². The smallest absolute Gasteiger partial charge is 0.269 e. The highest BCUT2D eigenvalue weighted by Gasteiger charge is 2.04. The molecule has 1 amide bonds. The van der Waals surface area contributed by atoms with Crippen molar-refractivity contribution in [2.45, 2.75) is 19.8 Å². The minimum atomic E-state index is -0.442. The second-order valence-electron chi connectivity index (χ2n) is 3.83. The van der Waals surface area contributed by atoms with E-state index in [-0.39, 0.29) is 11.6 Å². The number of non-ortho nitro benzene ring substituents is 1. The maximum atomic E-state index is 11.3. The van der Waals surface area contributed by atoms with Crippen molar-refractivity contribution in [3.8, 4) is 0 Å². The molecule has 6 nitrogen and oxygen atoms in total. The van der Waals surface area contributed by atoms with Gasteiger partial charge < -0.3 is 10.6 Å². The molecule has 0 radical (unpaired) electrons. The first-order chi connectivity index (χ1) is 8.63. The lowest BCUT2D eigenvalue weighted by Gasteiger charge is -2.06. The van der Waals surface area contributed by atoms with E-state index >= 15 is 0 Å². The van der Waals surface area contributed by atoms with Crippen molar-refractivity contribution in [2.75, 3.05) is 18.4 Å². The van der Waals surface area contributed by atoms with Gasteiger partial charge in [0.2, 0.25) is 5.91 Å². The molecule has 0 spiro atoms. The fourth-order valence-electron chi connectivity index (χ4n) is 1.37. The van der Waals surface area contributed by atoms with Crippen LogP contribution in [0.25, 0.3) is 0 Å². The number of nitro benzene ring substituents is 1. The molecule has 0 aliphatic heterocycles. The Bertz CT molecular complexity index is 404. The molecule has 98 valence electrons. The number of rotatable bonds is 7. The van der Waals surface area contributed by atoms with Gasteiger partial charge in [0.1, 0.15) is 0 Å². The predicted molar refractivity (Wildman–Crippen MR) is 69.5 cm³/mol. The summed E-state index contributed by atoms with van der Waals surface area (Å²) < 4.78 is 0. The molecule has 0 bridgehead atoms. The fraction of sp³-hybridized carbons (Fsp3) is 0.417. The second-order valence-corrected chi connectivity index (χ2v) is 3.83. The normalized spacial score (nSPS) is 9.83. The average molecular weight is 251 g/mol. The van der Waals surface area contributed by atoms with E-state index in [9.17, 15) is 14.9 Å². The number of hydrogen-bond donors (Lipinski definition) is 2. The van der Waals surface area contributed by atoms with E-state index in [0.717, 1.165) is 12.1 Å². The molecule has 0 fully saturated rings. The van der Waals surface area contributed by atoms with Gasteiger partial charge in [0, 0.05) is 37.3 Å². The van der Waals surface area contributed by atoms with Crippen LogP contribution in [0.1, 0.15) is 19.8 Å². The Hall–Kier alpha value is -2.11. The van der Waals surface area contributed by atoms with E-state index in [0.29, 0.717) is 19.5 Å². The van der Waals surface area contributed by atoms with Crippen LogP contribution in [0.5, 0.6) is 0 Å². The van der Waals surface area contributed by atoms with E-state index in [2.05, 4.69) is 10.6 Å². The van der Waals surface area contributed by atoms with Gasteiger partial charge in [0.15, 0.2) is 0 Å². The zero-order chi connectivity index (χ0) is 13.4. The first-order valence-electron chi connectivity index (χ1n) is 5.88. The van der Waals surface area contributed by atoms with Gasteiger partial charge in [-0.25, -0.2) is 0 Å². The average Bonchev–Trinajstić information content (AvgIpc) is 2.37. The molecule has 0 atom stereocenters. The van der Waals surface area contributed by atoms with Crippen molar-refractivity contribution < 1.29 is 9.72 Å². The fourth-order valence-corrected chi connectivity index (χ4v) is 1.37. The minimum Gasteiger partial charge on any atom is -0.385 e. The molecule has 0 aliphatic carbocycles. The SMILES string of the molecule is CCCNC(=O)CCNc1ccc([N+](=O)[O-])cc1. The topological polar surface area (TPSA) is 84.3 Å². The molecule has 1 aromatic carbocycles. The summed E-state index contributed by atoms with van der Waals surface area (Å²) in [5, 5.41) is 16.3. The van der Waals surface area contributed by atoms with Crippen LogP contribution in [-0.4, -0.2) is 23.9 Å². The highest BCUT2D eigenvalue weighted by atomic mass is 16.6. The highest BCUT2D eigenvalue weighted by molar-refractivity contribution is 5.76. The summed E-state index contributed by atoms with van der Waals surface area (Å²) in [5.74, 6) is 0.00580. The predicted octanol–water partition coefficient (Wildman–Crippen LogP) is 1.92. The van der Waals surface area contributed by atoms with Crippen molar-refractivity contribution in [3.63, 3.8) is 0 Å². The third kappa shape index (κ3) is 4.82. The van der Waals surface area contributed by atoms with Gasteiger partial charge in [-0.05, 0) is 18.6 Å². The number of nitrogens with zero attached hydrogens (tertiary/aromatic N) is 1. The zero-order valence-corrected chi connectivity index (χ0v) is 10.3. The lowest BCUT2D eigenvalue weighted by molar-refractivity contribution is -0.384. The van der Waals surface area contributed by atoms with Gasteiger partial charge in [0.25, 0.3) is 5.69 Å². The lowest BCUT2D eigenvalue weighted by Crippen LogP contribution is -2.25. The Morgan fingerprint density at radius 3 is 2.50 bits per heavy atom. The maximum Gasteiger partial charge on any atom is 0.269 e. The van der Waals surface area contributed by atoms with Crippen LogP contribution in [0.2, 0.25) is 0 Å². The maximum absolute atomic E-state index is 11.3. The second kappa shape index (κ2) is 7.26. The number of hydrogen-bond acceptors (Lipinski definition) is 4. The summed E-state index contributed by atoms with van der Waals surface area (Å²) in [7, 11) is 0. The number of nitro groups is 1. The Morgan fingerprint density at radius 2 is 1.94 bits per heavy atom. The summed E-state index contributed by atoms with van der Waals surface area (Å²) >= 11 is 0. The Labute approximate surface area is 106 Å². The molecule has 1 rings (SSSR count). The van der Waals surface area contributed by atoms with E-state index in [1.165, 1.54) is 12.1 Å². The molecule has 0 saturated carbocycles. The summed E-state index contributed by atoms with van der Waals surface area (Å²) in [5.41, 5.74) is 0.824. The van der Waals surface area contributed by atoms with E-state index in [4.69, 9.17) is 0 Å². The largest absolute Gasteiger partial charge is 0.385 e. The molecular weight excluding hydrogens is 234 g/mol. The van der Waals surface area contributed by atoms with Crippen LogP contribution in [0.15, 0.2) is 24.3 Å². The molecule has 0 unspecified atom stereocenters. The summed E-state index contributed by atoms with van der Waals surface area (Å²) in [6.07, 6.45) is 1.30. The molecule has 18 heavy (non-hydrogen) atoms. The van der Waals surface area contributed by atoms with Crippen LogP contribution in [0.4, 0.5) is 11.4 Å².